The van der Waals surface area contributed by atoms with Crippen LogP contribution in [0.1, 0.15) is 26.3 Å². The lowest BCUT2D eigenvalue weighted by Gasteiger charge is -2.10. The number of hydrogen-bond acceptors (Lipinski definition) is 5. The Labute approximate surface area is 179 Å². The van der Waals surface area contributed by atoms with Crippen LogP contribution >= 0.6 is 0 Å². The van der Waals surface area contributed by atoms with Crippen LogP contribution in [0.3, 0.4) is 0 Å². The predicted molar refractivity (Wildman–Crippen MR) is 118 cm³/mol. The SMILES string of the molecule is CNC(=O)c1ccccc1NC(=O)c1ccc(-c2nnc(-c3ccc(C)cc3)o2)cc1. The Kier molecular flexibility index (Phi) is 5.57. The van der Waals surface area contributed by atoms with Gasteiger partial charge in [0, 0.05) is 23.7 Å². The predicted octanol–water partition coefficient (Wildman–Crippen LogP) is 4.32. The summed E-state index contributed by atoms with van der Waals surface area (Å²) in [5, 5.41) is 13.6. The molecule has 0 unspecified atom stereocenters. The number of carbonyl (C=O) groups is 2. The molecule has 0 radical (unpaired) electrons. The van der Waals surface area contributed by atoms with E-state index in [0.717, 1.165) is 11.1 Å². The monoisotopic (exact) mass is 412 g/mol. The largest absolute Gasteiger partial charge is 0.416 e. The number of aryl methyl sites for hydroxylation is 1. The van der Waals surface area contributed by atoms with E-state index in [9.17, 15) is 9.59 Å². The molecular formula is C24H20N4O3. The van der Waals surface area contributed by atoms with Gasteiger partial charge in [-0.2, -0.15) is 0 Å². The van der Waals surface area contributed by atoms with Crippen LogP contribution in [-0.2, 0) is 0 Å². The second-order valence-corrected chi connectivity index (χ2v) is 6.93. The first-order chi connectivity index (χ1) is 15.0. The molecule has 7 heteroatoms. The fourth-order valence-corrected chi connectivity index (χ4v) is 3.04. The van der Waals surface area contributed by atoms with Gasteiger partial charge in [0.25, 0.3) is 11.8 Å². The molecular weight excluding hydrogens is 392 g/mol. The minimum absolute atomic E-state index is 0.271. The molecule has 31 heavy (non-hydrogen) atoms. The zero-order valence-electron chi connectivity index (χ0n) is 17.0. The van der Waals surface area contributed by atoms with Crippen molar-refractivity contribution in [1.29, 1.82) is 0 Å². The first-order valence-corrected chi connectivity index (χ1v) is 9.68. The van der Waals surface area contributed by atoms with Gasteiger partial charge in [-0.3, -0.25) is 9.59 Å². The van der Waals surface area contributed by atoms with Crippen molar-refractivity contribution in [2.45, 2.75) is 6.92 Å². The average molecular weight is 412 g/mol. The van der Waals surface area contributed by atoms with Gasteiger partial charge < -0.3 is 15.1 Å². The first kappa shape index (κ1) is 20.0. The molecule has 0 aliphatic heterocycles. The number of nitrogens with one attached hydrogen (secondary N) is 2. The van der Waals surface area contributed by atoms with Crippen molar-refractivity contribution in [3.8, 4) is 22.9 Å². The van der Waals surface area contributed by atoms with E-state index in [2.05, 4.69) is 20.8 Å². The van der Waals surface area contributed by atoms with Crippen LogP contribution in [0.5, 0.6) is 0 Å². The Hall–Kier alpha value is -4.26. The van der Waals surface area contributed by atoms with Gasteiger partial charge in [0.2, 0.25) is 11.8 Å². The van der Waals surface area contributed by atoms with E-state index in [4.69, 9.17) is 4.42 Å². The van der Waals surface area contributed by atoms with E-state index >= 15 is 0 Å². The molecule has 0 aliphatic carbocycles. The van der Waals surface area contributed by atoms with E-state index in [-0.39, 0.29) is 11.8 Å². The van der Waals surface area contributed by atoms with Gasteiger partial charge in [0.05, 0.1) is 11.3 Å². The number of carbonyl (C=O) groups excluding carboxylic acids is 2. The van der Waals surface area contributed by atoms with Gasteiger partial charge in [0.15, 0.2) is 0 Å². The van der Waals surface area contributed by atoms with Crippen LogP contribution in [0, 0.1) is 6.92 Å². The molecule has 3 aromatic carbocycles. The minimum Gasteiger partial charge on any atom is -0.416 e. The molecule has 1 heterocycles. The molecule has 4 rings (SSSR count). The molecule has 2 N–H and O–H groups in total. The summed E-state index contributed by atoms with van der Waals surface area (Å²) >= 11 is 0. The van der Waals surface area contributed by atoms with Crippen LogP contribution in [0.4, 0.5) is 5.69 Å². The van der Waals surface area contributed by atoms with Crippen molar-refractivity contribution in [2.24, 2.45) is 0 Å². The zero-order valence-corrected chi connectivity index (χ0v) is 17.0. The fraction of sp³-hybridized carbons (Fsp3) is 0.0833. The highest BCUT2D eigenvalue weighted by atomic mass is 16.4. The molecule has 4 aromatic rings. The van der Waals surface area contributed by atoms with Gasteiger partial charge in [0.1, 0.15) is 0 Å². The van der Waals surface area contributed by atoms with Crippen molar-refractivity contribution in [2.75, 3.05) is 12.4 Å². The molecule has 0 spiro atoms. The van der Waals surface area contributed by atoms with Crippen molar-refractivity contribution in [1.82, 2.24) is 15.5 Å². The summed E-state index contributed by atoms with van der Waals surface area (Å²) in [5.74, 6) is 0.205. The van der Waals surface area contributed by atoms with Gasteiger partial charge in [-0.15, -0.1) is 10.2 Å². The van der Waals surface area contributed by atoms with Gasteiger partial charge in [-0.1, -0.05) is 29.8 Å². The molecule has 2 amide bonds. The van der Waals surface area contributed by atoms with Crippen LogP contribution in [0.2, 0.25) is 0 Å². The van der Waals surface area contributed by atoms with Gasteiger partial charge in [-0.05, 0) is 55.5 Å². The summed E-state index contributed by atoms with van der Waals surface area (Å²) in [5.41, 5.74) is 3.97. The summed E-state index contributed by atoms with van der Waals surface area (Å²) in [7, 11) is 1.54. The molecule has 154 valence electrons. The fourth-order valence-electron chi connectivity index (χ4n) is 3.04. The molecule has 7 nitrogen and oxygen atoms in total. The maximum Gasteiger partial charge on any atom is 0.255 e. The summed E-state index contributed by atoms with van der Waals surface area (Å²) in [4.78, 5) is 24.6. The summed E-state index contributed by atoms with van der Waals surface area (Å²) < 4.78 is 5.78. The number of nitrogens with zero attached hydrogens (tertiary/aromatic N) is 2. The van der Waals surface area contributed by atoms with E-state index < -0.39 is 0 Å². The average Bonchev–Trinajstić information content (AvgIpc) is 3.30. The Morgan fingerprint density at radius 3 is 1.97 bits per heavy atom. The quantitative estimate of drug-likeness (QED) is 0.509. The van der Waals surface area contributed by atoms with Crippen LogP contribution in [0.15, 0.2) is 77.2 Å². The molecule has 0 fully saturated rings. The molecule has 1 aromatic heterocycles. The van der Waals surface area contributed by atoms with Crippen LogP contribution in [0.25, 0.3) is 22.9 Å². The van der Waals surface area contributed by atoms with Crippen molar-refractivity contribution < 1.29 is 14.0 Å². The van der Waals surface area contributed by atoms with E-state index in [0.29, 0.717) is 34.2 Å². The summed E-state index contributed by atoms with van der Waals surface area (Å²) in [6.07, 6.45) is 0. The smallest absolute Gasteiger partial charge is 0.255 e. The first-order valence-electron chi connectivity index (χ1n) is 9.68. The lowest BCUT2D eigenvalue weighted by Crippen LogP contribution is -2.21. The number of hydrogen-bond donors (Lipinski definition) is 2. The second kappa shape index (κ2) is 8.62. The maximum absolute atomic E-state index is 12.6. The molecule has 0 saturated heterocycles. The van der Waals surface area contributed by atoms with E-state index in [1.165, 1.54) is 0 Å². The lowest BCUT2D eigenvalue weighted by molar-refractivity contribution is 0.0964. The number of para-hydroxylation sites is 1. The van der Waals surface area contributed by atoms with Crippen molar-refractivity contribution in [3.63, 3.8) is 0 Å². The van der Waals surface area contributed by atoms with Crippen LogP contribution in [-0.4, -0.2) is 29.1 Å². The van der Waals surface area contributed by atoms with Gasteiger partial charge in [-0.25, -0.2) is 0 Å². The molecule has 0 saturated carbocycles. The maximum atomic E-state index is 12.6. The van der Waals surface area contributed by atoms with Crippen LogP contribution < -0.4 is 10.6 Å². The number of rotatable bonds is 5. The second-order valence-electron chi connectivity index (χ2n) is 6.93. The highest BCUT2D eigenvalue weighted by Gasteiger charge is 2.14. The Morgan fingerprint density at radius 1 is 0.774 bits per heavy atom. The summed E-state index contributed by atoms with van der Waals surface area (Å²) in [6.45, 7) is 2.01. The topological polar surface area (TPSA) is 97.1 Å². The Balaban J connectivity index is 1.51. The minimum atomic E-state index is -0.325. The Bertz CT molecular complexity index is 1230. The van der Waals surface area contributed by atoms with E-state index in [1.807, 2.05) is 31.2 Å². The zero-order chi connectivity index (χ0) is 21.8. The highest BCUT2D eigenvalue weighted by Crippen LogP contribution is 2.25. The molecule has 0 aliphatic rings. The third-order valence-corrected chi connectivity index (χ3v) is 4.76. The summed E-state index contributed by atoms with van der Waals surface area (Å²) in [6, 6.07) is 21.5. The number of amides is 2. The normalized spacial score (nSPS) is 10.5. The highest BCUT2D eigenvalue weighted by molar-refractivity contribution is 6.09. The standard InChI is InChI=1S/C24H20N4O3/c1-15-7-9-17(10-8-15)23-27-28-24(31-23)18-13-11-16(12-14-18)21(29)26-20-6-4-3-5-19(20)22(30)25-2/h3-14H,1-2H3,(H,25,30)(H,26,29). The third kappa shape index (κ3) is 4.35. The van der Waals surface area contributed by atoms with Gasteiger partial charge >= 0.3 is 0 Å². The third-order valence-electron chi connectivity index (χ3n) is 4.76. The van der Waals surface area contributed by atoms with Crippen molar-refractivity contribution >= 4 is 17.5 Å². The molecule has 0 bridgehead atoms. The molecule has 0 atom stereocenters. The van der Waals surface area contributed by atoms with E-state index in [1.54, 1.807) is 55.6 Å². The Morgan fingerprint density at radius 2 is 1.35 bits per heavy atom. The lowest BCUT2D eigenvalue weighted by atomic mass is 10.1. The number of aromatic nitrogens is 2. The number of benzene rings is 3. The van der Waals surface area contributed by atoms with Crippen molar-refractivity contribution in [3.05, 3.63) is 89.5 Å². The number of anilines is 1.